The van der Waals surface area contributed by atoms with E-state index in [1.54, 1.807) is 0 Å². The lowest BCUT2D eigenvalue weighted by Crippen LogP contribution is -2.39. The van der Waals surface area contributed by atoms with E-state index in [2.05, 4.69) is 63.0 Å². The van der Waals surface area contributed by atoms with Crippen LogP contribution in [0, 0.1) is 0 Å². The second-order valence-electron chi connectivity index (χ2n) is 6.13. The fraction of sp³-hybridized carbons (Fsp3) is 0.474. The van der Waals surface area contributed by atoms with E-state index < -0.39 is 0 Å². The van der Waals surface area contributed by atoms with Crippen LogP contribution in [0.25, 0.3) is 0 Å². The Labute approximate surface area is 174 Å². The zero-order valence-electron chi connectivity index (χ0n) is 15.8. The van der Waals surface area contributed by atoms with Gasteiger partial charge in [-0.05, 0) is 38.1 Å². The van der Waals surface area contributed by atoms with Gasteiger partial charge < -0.3 is 15.5 Å². The summed E-state index contributed by atoms with van der Waals surface area (Å²) in [4.78, 5) is 6.61. The first-order valence-corrected chi connectivity index (χ1v) is 8.92. The molecule has 0 amide bonds. The van der Waals surface area contributed by atoms with Gasteiger partial charge in [-0.2, -0.15) is 5.10 Å². The van der Waals surface area contributed by atoms with Crippen LogP contribution in [0.1, 0.15) is 18.4 Å². The summed E-state index contributed by atoms with van der Waals surface area (Å²) >= 11 is 0. The molecule has 144 valence electrons. The van der Waals surface area contributed by atoms with E-state index in [-0.39, 0.29) is 24.0 Å². The van der Waals surface area contributed by atoms with Crippen molar-refractivity contribution in [3.8, 4) is 0 Å². The van der Waals surface area contributed by atoms with E-state index in [1.165, 1.54) is 5.56 Å². The maximum absolute atomic E-state index is 4.27. The molecule has 0 radical (unpaired) electrons. The molecule has 0 aliphatic carbocycles. The summed E-state index contributed by atoms with van der Waals surface area (Å²) in [6.45, 7) is 4.76. The molecule has 0 saturated carbocycles. The molecular formula is C19H31IN6. The quantitative estimate of drug-likeness (QED) is 0.243. The van der Waals surface area contributed by atoms with Gasteiger partial charge in [-0.1, -0.05) is 30.3 Å². The number of rotatable bonds is 10. The second kappa shape index (κ2) is 13.6. The molecule has 1 aromatic carbocycles. The third-order valence-corrected chi connectivity index (χ3v) is 3.94. The SMILES string of the molecule is CN=C(NCCCN(C)Cc1ccccc1)NCCCn1cccn1.I. The Kier molecular flexibility index (Phi) is 11.7. The summed E-state index contributed by atoms with van der Waals surface area (Å²) in [6, 6.07) is 12.5. The zero-order valence-corrected chi connectivity index (χ0v) is 18.1. The Morgan fingerprint density at radius 3 is 2.50 bits per heavy atom. The number of aromatic nitrogens is 2. The van der Waals surface area contributed by atoms with Gasteiger partial charge >= 0.3 is 0 Å². The molecule has 1 heterocycles. The zero-order chi connectivity index (χ0) is 17.7. The highest BCUT2D eigenvalue weighted by Gasteiger charge is 2.01. The Balaban J connectivity index is 0.00000338. The summed E-state index contributed by atoms with van der Waals surface area (Å²) in [5.41, 5.74) is 1.35. The van der Waals surface area contributed by atoms with Crippen LogP contribution in [0.3, 0.4) is 0 Å². The molecule has 26 heavy (non-hydrogen) atoms. The van der Waals surface area contributed by atoms with Gasteiger partial charge in [-0.15, -0.1) is 24.0 Å². The highest BCUT2D eigenvalue weighted by Crippen LogP contribution is 2.02. The number of hydrogen-bond donors (Lipinski definition) is 2. The average Bonchev–Trinajstić information content (AvgIpc) is 3.14. The van der Waals surface area contributed by atoms with Crippen LogP contribution in [-0.4, -0.2) is 54.4 Å². The highest BCUT2D eigenvalue weighted by molar-refractivity contribution is 14.0. The van der Waals surface area contributed by atoms with Crippen molar-refractivity contribution < 1.29 is 0 Å². The van der Waals surface area contributed by atoms with Crippen LogP contribution in [0.5, 0.6) is 0 Å². The fourth-order valence-corrected chi connectivity index (χ4v) is 2.63. The van der Waals surface area contributed by atoms with Gasteiger partial charge in [0.1, 0.15) is 0 Å². The van der Waals surface area contributed by atoms with E-state index in [4.69, 9.17) is 0 Å². The summed E-state index contributed by atoms with van der Waals surface area (Å²) in [5, 5.41) is 10.9. The summed E-state index contributed by atoms with van der Waals surface area (Å²) in [6.07, 6.45) is 5.89. The average molecular weight is 470 g/mol. The van der Waals surface area contributed by atoms with Gasteiger partial charge in [-0.3, -0.25) is 9.67 Å². The van der Waals surface area contributed by atoms with Crippen molar-refractivity contribution in [3.05, 3.63) is 54.4 Å². The third kappa shape index (κ3) is 9.19. The number of guanidine groups is 1. The molecule has 6 nitrogen and oxygen atoms in total. The molecule has 1 aromatic heterocycles. The minimum Gasteiger partial charge on any atom is -0.356 e. The molecular weight excluding hydrogens is 439 g/mol. The van der Waals surface area contributed by atoms with Crippen molar-refractivity contribution >= 4 is 29.9 Å². The largest absolute Gasteiger partial charge is 0.356 e. The van der Waals surface area contributed by atoms with Crippen molar-refractivity contribution in [2.24, 2.45) is 4.99 Å². The van der Waals surface area contributed by atoms with Crippen LogP contribution in [-0.2, 0) is 13.1 Å². The molecule has 0 atom stereocenters. The summed E-state index contributed by atoms with van der Waals surface area (Å²) in [5.74, 6) is 0.867. The van der Waals surface area contributed by atoms with Gasteiger partial charge in [0.2, 0.25) is 0 Å². The van der Waals surface area contributed by atoms with Crippen LogP contribution in [0.4, 0.5) is 0 Å². The molecule has 2 rings (SSSR count). The Morgan fingerprint density at radius 2 is 1.85 bits per heavy atom. The molecule has 0 aliphatic heterocycles. The Morgan fingerprint density at radius 1 is 1.12 bits per heavy atom. The van der Waals surface area contributed by atoms with Crippen LogP contribution in [0.2, 0.25) is 0 Å². The topological polar surface area (TPSA) is 57.5 Å². The molecule has 0 bridgehead atoms. The van der Waals surface area contributed by atoms with E-state index in [0.29, 0.717) is 0 Å². The van der Waals surface area contributed by atoms with Crippen molar-refractivity contribution in [1.82, 2.24) is 25.3 Å². The lowest BCUT2D eigenvalue weighted by atomic mass is 10.2. The third-order valence-electron chi connectivity index (χ3n) is 3.94. The Bertz CT molecular complexity index is 600. The molecule has 0 unspecified atom stereocenters. The minimum absolute atomic E-state index is 0. The Hall–Kier alpha value is -1.61. The number of aryl methyl sites for hydroxylation is 1. The maximum atomic E-state index is 4.27. The molecule has 0 spiro atoms. The van der Waals surface area contributed by atoms with Crippen molar-refractivity contribution in [3.63, 3.8) is 0 Å². The molecule has 2 aromatic rings. The van der Waals surface area contributed by atoms with Crippen LogP contribution < -0.4 is 10.6 Å². The highest BCUT2D eigenvalue weighted by atomic mass is 127. The van der Waals surface area contributed by atoms with E-state index in [0.717, 1.165) is 51.5 Å². The fourth-order valence-electron chi connectivity index (χ4n) is 2.63. The lowest BCUT2D eigenvalue weighted by Gasteiger charge is -2.17. The van der Waals surface area contributed by atoms with Gasteiger partial charge in [0, 0.05) is 45.6 Å². The lowest BCUT2D eigenvalue weighted by molar-refractivity contribution is 0.322. The van der Waals surface area contributed by atoms with Crippen LogP contribution in [0.15, 0.2) is 53.8 Å². The van der Waals surface area contributed by atoms with Crippen molar-refractivity contribution in [1.29, 1.82) is 0 Å². The maximum Gasteiger partial charge on any atom is 0.190 e. The number of nitrogens with one attached hydrogen (secondary N) is 2. The standard InChI is InChI=1S/C19H30N6.HI/c1-20-19(22-12-7-15-25-16-8-13-23-25)21-11-6-14-24(2)17-18-9-4-3-5-10-18;/h3-5,8-10,13,16H,6-7,11-12,14-15,17H2,1-2H3,(H2,20,21,22);1H. The van der Waals surface area contributed by atoms with E-state index in [9.17, 15) is 0 Å². The second-order valence-corrected chi connectivity index (χ2v) is 6.13. The van der Waals surface area contributed by atoms with Gasteiger partial charge in [0.15, 0.2) is 5.96 Å². The van der Waals surface area contributed by atoms with Gasteiger partial charge in [0.05, 0.1) is 0 Å². The summed E-state index contributed by atoms with van der Waals surface area (Å²) < 4.78 is 1.94. The molecule has 2 N–H and O–H groups in total. The van der Waals surface area contributed by atoms with E-state index >= 15 is 0 Å². The number of nitrogens with zero attached hydrogens (tertiary/aromatic N) is 4. The first-order valence-electron chi connectivity index (χ1n) is 8.92. The minimum atomic E-state index is 0. The number of halogens is 1. The smallest absolute Gasteiger partial charge is 0.190 e. The molecule has 0 fully saturated rings. The normalized spacial score (nSPS) is 11.3. The van der Waals surface area contributed by atoms with Gasteiger partial charge in [-0.25, -0.2) is 0 Å². The molecule has 0 aliphatic rings. The molecule has 7 heteroatoms. The summed E-state index contributed by atoms with van der Waals surface area (Å²) in [7, 11) is 3.97. The first-order chi connectivity index (χ1) is 12.3. The van der Waals surface area contributed by atoms with E-state index in [1.807, 2.05) is 30.2 Å². The monoisotopic (exact) mass is 470 g/mol. The number of aliphatic imine (C=N–C) groups is 1. The van der Waals surface area contributed by atoms with Crippen molar-refractivity contribution in [2.75, 3.05) is 33.7 Å². The number of hydrogen-bond acceptors (Lipinski definition) is 3. The predicted octanol–water partition coefficient (Wildman–Crippen LogP) is 2.58. The predicted molar refractivity (Wildman–Crippen MR) is 119 cm³/mol. The van der Waals surface area contributed by atoms with Crippen LogP contribution >= 0.6 is 24.0 Å². The van der Waals surface area contributed by atoms with Gasteiger partial charge in [0.25, 0.3) is 0 Å². The van der Waals surface area contributed by atoms with Crippen molar-refractivity contribution in [2.45, 2.75) is 25.9 Å². The first kappa shape index (κ1) is 22.4. The molecule has 0 saturated heterocycles. The number of benzene rings is 1.